The maximum absolute atomic E-state index is 12.4. The summed E-state index contributed by atoms with van der Waals surface area (Å²) in [5.74, 6) is 1.82. The number of nitrogens with zero attached hydrogens (tertiary/aromatic N) is 4. The highest BCUT2D eigenvalue weighted by Gasteiger charge is 2.14. The molecule has 31 heavy (non-hydrogen) atoms. The predicted molar refractivity (Wildman–Crippen MR) is 125 cm³/mol. The lowest BCUT2D eigenvalue weighted by molar-refractivity contribution is -0.118. The Hall–Kier alpha value is -3.00. The second-order valence-corrected chi connectivity index (χ2v) is 8.06. The highest BCUT2D eigenvalue weighted by Crippen LogP contribution is 2.23. The number of likely N-dealkylation sites (N-methyl/N-ethyl adjacent to an activating group) is 1. The van der Waals surface area contributed by atoms with Crippen LogP contribution in [0.3, 0.4) is 0 Å². The second kappa shape index (κ2) is 10.9. The molecule has 1 N–H and O–H groups in total. The molecule has 164 valence electrons. The minimum atomic E-state index is -0.0211. The summed E-state index contributed by atoms with van der Waals surface area (Å²) in [5, 5.41) is 12.1. The third kappa shape index (κ3) is 6.01. The average molecular weight is 440 g/mol. The van der Waals surface area contributed by atoms with Crippen LogP contribution in [0.2, 0.25) is 0 Å². The summed E-state index contributed by atoms with van der Waals surface area (Å²) in [6, 6.07) is 16.1. The first kappa shape index (κ1) is 22.7. The summed E-state index contributed by atoms with van der Waals surface area (Å²) in [6.07, 6.45) is 0. The monoisotopic (exact) mass is 439 g/mol. The molecule has 0 aliphatic carbocycles. The largest absolute Gasteiger partial charge is 0.497 e. The quantitative estimate of drug-likeness (QED) is 0.487. The Labute approximate surface area is 187 Å². The number of ether oxygens (including phenoxy) is 1. The van der Waals surface area contributed by atoms with E-state index >= 15 is 0 Å². The van der Waals surface area contributed by atoms with Gasteiger partial charge in [-0.05, 0) is 62.7 Å². The standard InChI is InChI=1S/C23H29N5O2S/c1-5-27(20-8-6-7-17(2)15-20)14-13-24-22(29)16-31-23-26-25-18(3)28(23)19-9-11-21(30-4)12-10-19/h6-12,15H,5,13-14,16H2,1-4H3,(H,24,29). The van der Waals surface area contributed by atoms with E-state index < -0.39 is 0 Å². The molecule has 3 rings (SSSR count). The van der Waals surface area contributed by atoms with Crippen molar-refractivity contribution < 1.29 is 9.53 Å². The number of aryl methyl sites for hydroxylation is 2. The Morgan fingerprint density at radius 3 is 2.61 bits per heavy atom. The molecule has 1 amide bonds. The number of carbonyl (C=O) groups is 1. The van der Waals surface area contributed by atoms with Crippen molar-refractivity contribution >= 4 is 23.4 Å². The van der Waals surface area contributed by atoms with Gasteiger partial charge in [0.15, 0.2) is 5.16 Å². The first-order chi connectivity index (χ1) is 15.0. The fourth-order valence-corrected chi connectivity index (χ4v) is 4.10. The Kier molecular flexibility index (Phi) is 7.94. The van der Waals surface area contributed by atoms with Crippen molar-refractivity contribution in [3.63, 3.8) is 0 Å². The van der Waals surface area contributed by atoms with Crippen molar-refractivity contribution in [1.29, 1.82) is 0 Å². The van der Waals surface area contributed by atoms with E-state index in [0.717, 1.165) is 30.4 Å². The van der Waals surface area contributed by atoms with E-state index in [-0.39, 0.29) is 11.7 Å². The van der Waals surface area contributed by atoms with Crippen molar-refractivity contribution in [3.8, 4) is 11.4 Å². The number of aromatic nitrogens is 3. The molecule has 8 heteroatoms. The van der Waals surface area contributed by atoms with Crippen molar-refractivity contribution in [2.24, 2.45) is 0 Å². The van der Waals surface area contributed by atoms with Crippen LogP contribution in [0.4, 0.5) is 5.69 Å². The summed E-state index contributed by atoms with van der Waals surface area (Å²) >= 11 is 1.38. The summed E-state index contributed by atoms with van der Waals surface area (Å²) in [5.41, 5.74) is 3.34. The fourth-order valence-electron chi connectivity index (χ4n) is 3.27. The van der Waals surface area contributed by atoms with Crippen LogP contribution in [0.25, 0.3) is 5.69 Å². The summed E-state index contributed by atoms with van der Waals surface area (Å²) in [4.78, 5) is 14.6. The molecule has 0 saturated carbocycles. The highest BCUT2D eigenvalue weighted by atomic mass is 32.2. The molecular formula is C23H29N5O2S. The van der Waals surface area contributed by atoms with Crippen molar-refractivity contribution in [3.05, 3.63) is 59.9 Å². The van der Waals surface area contributed by atoms with E-state index in [1.165, 1.54) is 23.0 Å². The van der Waals surface area contributed by atoms with E-state index in [1.54, 1.807) is 7.11 Å². The normalized spacial score (nSPS) is 10.7. The van der Waals surface area contributed by atoms with Crippen molar-refractivity contribution in [1.82, 2.24) is 20.1 Å². The zero-order valence-corrected chi connectivity index (χ0v) is 19.3. The zero-order chi connectivity index (χ0) is 22.2. The summed E-state index contributed by atoms with van der Waals surface area (Å²) in [6.45, 7) is 8.34. The molecule has 1 aromatic heterocycles. The number of nitrogens with one attached hydrogen (secondary N) is 1. The van der Waals surface area contributed by atoms with E-state index in [0.29, 0.717) is 11.7 Å². The lowest BCUT2D eigenvalue weighted by Crippen LogP contribution is -2.35. The van der Waals surface area contributed by atoms with E-state index in [1.807, 2.05) is 35.8 Å². The molecule has 0 unspecified atom stereocenters. The molecule has 2 aromatic carbocycles. The number of benzene rings is 2. The van der Waals surface area contributed by atoms with Gasteiger partial charge in [0.2, 0.25) is 5.91 Å². The fraction of sp³-hybridized carbons (Fsp3) is 0.348. The molecule has 0 radical (unpaired) electrons. The molecule has 0 bridgehead atoms. The van der Waals surface area contributed by atoms with Gasteiger partial charge in [-0.2, -0.15) is 0 Å². The number of methoxy groups -OCH3 is 1. The molecule has 0 spiro atoms. The number of amides is 1. The van der Waals surface area contributed by atoms with Gasteiger partial charge in [0.05, 0.1) is 12.9 Å². The van der Waals surface area contributed by atoms with Crippen LogP contribution in [0, 0.1) is 13.8 Å². The number of anilines is 1. The van der Waals surface area contributed by atoms with E-state index in [4.69, 9.17) is 4.74 Å². The van der Waals surface area contributed by atoms with Crippen LogP contribution < -0.4 is 15.0 Å². The first-order valence-electron chi connectivity index (χ1n) is 10.3. The molecule has 0 atom stereocenters. The molecule has 7 nitrogen and oxygen atoms in total. The minimum absolute atomic E-state index is 0.0211. The van der Waals surface area contributed by atoms with Gasteiger partial charge in [0.1, 0.15) is 11.6 Å². The van der Waals surface area contributed by atoms with Crippen LogP contribution in [0.1, 0.15) is 18.3 Å². The van der Waals surface area contributed by atoms with Crippen molar-refractivity contribution in [2.75, 3.05) is 37.4 Å². The number of hydrogen-bond acceptors (Lipinski definition) is 6. The highest BCUT2D eigenvalue weighted by molar-refractivity contribution is 7.99. The number of hydrogen-bond donors (Lipinski definition) is 1. The second-order valence-electron chi connectivity index (χ2n) is 7.12. The molecule has 0 aliphatic heterocycles. The number of thioether (sulfide) groups is 1. The smallest absolute Gasteiger partial charge is 0.230 e. The summed E-state index contributed by atoms with van der Waals surface area (Å²) < 4.78 is 7.16. The van der Waals surface area contributed by atoms with Gasteiger partial charge in [0, 0.05) is 31.0 Å². The average Bonchev–Trinajstić information content (AvgIpc) is 3.15. The predicted octanol–water partition coefficient (Wildman–Crippen LogP) is 3.63. The molecule has 1 heterocycles. The van der Waals surface area contributed by atoms with Gasteiger partial charge >= 0.3 is 0 Å². The van der Waals surface area contributed by atoms with Gasteiger partial charge in [0.25, 0.3) is 0 Å². The van der Waals surface area contributed by atoms with Crippen molar-refractivity contribution in [2.45, 2.75) is 25.9 Å². The minimum Gasteiger partial charge on any atom is -0.497 e. The van der Waals surface area contributed by atoms with Gasteiger partial charge in [-0.15, -0.1) is 10.2 Å². The molecule has 0 aliphatic rings. The topological polar surface area (TPSA) is 72.3 Å². The Balaban J connectivity index is 1.53. The Bertz CT molecular complexity index is 1000. The first-order valence-corrected chi connectivity index (χ1v) is 11.3. The molecular weight excluding hydrogens is 410 g/mol. The molecule has 0 fully saturated rings. The van der Waals surface area contributed by atoms with Crippen LogP contribution >= 0.6 is 11.8 Å². The van der Waals surface area contributed by atoms with E-state index in [9.17, 15) is 4.79 Å². The van der Waals surface area contributed by atoms with Gasteiger partial charge in [-0.1, -0.05) is 23.9 Å². The van der Waals surface area contributed by atoms with Crippen LogP contribution in [0.5, 0.6) is 5.75 Å². The van der Waals surface area contributed by atoms with Gasteiger partial charge < -0.3 is 15.0 Å². The molecule has 0 saturated heterocycles. The Morgan fingerprint density at radius 1 is 1.16 bits per heavy atom. The van der Waals surface area contributed by atoms with Crippen LogP contribution in [0.15, 0.2) is 53.7 Å². The molecule has 3 aromatic rings. The van der Waals surface area contributed by atoms with E-state index in [2.05, 4.69) is 58.5 Å². The third-order valence-corrected chi connectivity index (χ3v) is 5.84. The maximum atomic E-state index is 12.4. The maximum Gasteiger partial charge on any atom is 0.230 e. The zero-order valence-electron chi connectivity index (χ0n) is 18.5. The number of rotatable bonds is 10. The van der Waals surface area contributed by atoms with Crippen LogP contribution in [-0.4, -0.2) is 53.2 Å². The lowest BCUT2D eigenvalue weighted by atomic mass is 10.2. The van der Waals surface area contributed by atoms with Gasteiger partial charge in [-0.25, -0.2) is 0 Å². The van der Waals surface area contributed by atoms with Crippen LogP contribution in [-0.2, 0) is 4.79 Å². The van der Waals surface area contributed by atoms with Gasteiger partial charge in [-0.3, -0.25) is 9.36 Å². The Morgan fingerprint density at radius 2 is 1.94 bits per heavy atom. The number of carbonyl (C=O) groups excluding carboxylic acids is 1. The third-order valence-electron chi connectivity index (χ3n) is 4.91. The summed E-state index contributed by atoms with van der Waals surface area (Å²) in [7, 11) is 1.64. The SMILES string of the molecule is CCN(CCNC(=O)CSc1nnc(C)n1-c1ccc(OC)cc1)c1cccc(C)c1. The lowest BCUT2D eigenvalue weighted by Gasteiger charge is -2.23.